The molecule has 1 aromatic carbocycles. The average molecular weight is 261 g/mol. The minimum Gasteiger partial charge on any atom is -0.510 e. The fourth-order valence-electron chi connectivity index (χ4n) is 1.86. The summed E-state index contributed by atoms with van der Waals surface area (Å²) in [4.78, 5) is 26.0. The maximum absolute atomic E-state index is 11.5. The lowest BCUT2D eigenvalue weighted by molar-refractivity contribution is -0.140. The molecule has 2 N–H and O–H groups in total. The molecule has 1 heterocycles. The van der Waals surface area contributed by atoms with Gasteiger partial charge in [-0.1, -0.05) is 12.1 Å². The van der Waals surface area contributed by atoms with Gasteiger partial charge in [-0.2, -0.15) is 0 Å². The summed E-state index contributed by atoms with van der Waals surface area (Å²) in [6.45, 7) is 0. The normalized spacial score (nSPS) is 21.9. The van der Waals surface area contributed by atoms with Gasteiger partial charge in [0.05, 0.1) is 7.11 Å². The number of amides is 1. The second-order valence-corrected chi connectivity index (χ2v) is 3.97. The van der Waals surface area contributed by atoms with E-state index < -0.39 is 23.1 Å². The summed E-state index contributed by atoms with van der Waals surface area (Å²) in [5, 5.41) is 19.3. The number of carboxylic acids is 1. The Hall–Kier alpha value is -2.63. The minimum absolute atomic E-state index is 0.283. The van der Waals surface area contributed by atoms with Crippen LogP contribution in [-0.2, 0) is 15.0 Å². The Labute approximate surface area is 108 Å². The number of aliphatic hydroxyl groups is 1. The number of hydrogen-bond acceptors (Lipinski definition) is 4. The Morgan fingerprint density at radius 2 is 1.95 bits per heavy atom. The SMILES string of the molecule is COc1ccc([C@@]2(C(=O)O)C=NC(=O)C=C2O)cc1. The van der Waals surface area contributed by atoms with Crippen LogP contribution < -0.4 is 4.74 Å². The number of aliphatic hydroxyl groups excluding tert-OH is 1. The van der Waals surface area contributed by atoms with Gasteiger partial charge in [0.25, 0.3) is 5.91 Å². The first kappa shape index (κ1) is 12.8. The number of nitrogens with zero attached hydrogens (tertiary/aromatic N) is 1. The molecule has 0 saturated heterocycles. The Kier molecular flexibility index (Phi) is 3.08. The van der Waals surface area contributed by atoms with Crippen LogP contribution in [0.2, 0.25) is 0 Å². The molecule has 6 heteroatoms. The molecule has 1 aromatic rings. The van der Waals surface area contributed by atoms with E-state index in [1.54, 1.807) is 12.1 Å². The molecular formula is C13H11NO5. The first-order chi connectivity index (χ1) is 9.00. The number of hydrogen-bond donors (Lipinski definition) is 2. The monoisotopic (exact) mass is 261 g/mol. The van der Waals surface area contributed by atoms with Crippen LogP contribution in [0.25, 0.3) is 0 Å². The maximum Gasteiger partial charge on any atom is 0.327 e. The van der Waals surface area contributed by atoms with Gasteiger partial charge in [0.1, 0.15) is 11.5 Å². The highest BCUT2D eigenvalue weighted by molar-refractivity contribution is 6.12. The molecule has 0 radical (unpaired) electrons. The van der Waals surface area contributed by atoms with E-state index in [0.29, 0.717) is 5.75 Å². The molecule has 0 aliphatic carbocycles. The van der Waals surface area contributed by atoms with Crippen molar-refractivity contribution in [3.63, 3.8) is 0 Å². The first-order valence-electron chi connectivity index (χ1n) is 5.39. The van der Waals surface area contributed by atoms with Crippen molar-refractivity contribution in [3.05, 3.63) is 41.7 Å². The number of benzene rings is 1. The fraction of sp³-hybridized carbons (Fsp3) is 0.154. The second kappa shape index (κ2) is 4.56. The number of dihydropyridines is 1. The van der Waals surface area contributed by atoms with Gasteiger partial charge >= 0.3 is 5.97 Å². The summed E-state index contributed by atoms with van der Waals surface area (Å²) in [6, 6.07) is 6.13. The first-order valence-corrected chi connectivity index (χ1v) is 5.39. The highest BCUT2D eigenvalue weighted by Crippen LogP contribution is 2.32. The molecule has 0 saturated carbocycles. The number of carbonyl (C=O) groups is 2. The predicted molar refractivity (Wildman–Crippen MR) is 66.5 cm³/mol. The van der Waals surface area contributed by atoms with Crippen molar-refractivity contribution in [2.75, 3.05) is 7.11 Å². The second-order valence-electron chi connectivity index (χ2n) is 3.97. The molecular weight excluding hydrogens is 250 g/mol. The van der Waals surface area contributed by atoms with Crippen LogP contribution in [0.3, 0.4) is 0 Å². The zero-order valence-electron chi connectivity index (χ0n) is 10.0. The topological polar surface area (TPSA) is 96.2 Å². The highest BCUT2D eigenvalue weighted by atomic mass is 16.5. The third-order valence-corrected chi connectivity index (χ3v) is 2.93. The van der Waals surface area contributed by atoms with Crippen LogP contribution >= 0.6 is 0 Å². The van der Waals surface area contributed by atoms with Crippen LogP contribution in [0.5, 0.6) is 5.75 Å². The Morgan fingerprint density at radius 1 is 1.32 bits per heavy atom. The average Bonchev–Trinajstić information content (AvgIpc) is 2.39. The lowest BCUT2D eigenvalue weighted by Gasteiger charge is -2.26. The van der Waals surface area contributed by atoms with Gasteiger partial charge in [-0.15, -0.1) is 0 Å². The third-order valence-electron chi connectivity index (χ3n) is 2.93. The molecule has 0 unspecified atom stereocenters. The molecule has 2 rings (SSSR count). The van der Waals surface area contributed by atoms with E-state index in [0.717, 1.165) is 12.3 Å². The van der Waals surface area contributed by atoms with Crippen molar-refractivity contribution in [2.45, 2.75) is 5.41 Å². The van der Waals surface area contributed by atoms with E-state index >= 15 is 0 Å². The van der Waals surface area contributed by atoms with E-state index in [1.165, 1.54) is 19.2 Å². The standard InChI is InChI=1S/C13H11NO5/c1-19-9-4-2-8(3-5-9)13(12(17)18)7-14-11(16)6-10(13)15/h2-7,15H,1H3,(H,17,18)/t13-/m0/s1. The van der Waals surface area contributed by atoms with Crippen LogP contribution in [0.1, 0.15) is 5.56 Å². The Balaban J connectivity index is 2.57. The van der Waals surface area contributed by atoms with Gasteiger partial charge in [-0.25, -0.2) is 4.99 Å². The third kappa shape index (κ3) is 1.97. The summed E-state index contributed by atoms with van der Waals surface area (Å²) in [7, 11) is 1.49. The summed E-state index contributed by atoms with van der Waals surface area (Å²) in [6.07, 6.45) is 1.74. The number of carbonyl (C=O) groups excluding carboxylic acids is 1. The Bertz CT molecular complexity index is 588. The van der Waals surface area contributed by atoms with Crippen molar-refractivity contribution < 1.29 is 24.5 Å². The van der Waals surface area contributed by atoms with Crippen molar-refractivity contribution in [2.24, 2.45) is 4.99 Å². The van der Waals surface area contributed by atoms with Crippen molar-refractivity contribution >= 4 is 18.1 Å². The fourth-order valence-corrected chi connectivity index (χ4v) is 1.86. The number of rotatable bonds is 3. The van der Waals surface area contributed by atoms with Crippen molar-refractivity contribution in [1.29, 1.82) is 0 Å². The number of methoxy groups -OCH3 is 1. The molecule has 1 atom stereocenters. The molecule has 19 heavy (non-hydrogen) atoms. The van der Waals surface area contributed by atoms with E-state index in [-0.39, 0.29) is 5.56 Å². The molecule has 6 nitrogen and oxygen atoms in total. The van der Waals surface area contributed by atoms with Crippen LogP contribution in [0.4, 0.5) is 0 Å². The molecule has 1 amide bonds. The van der Waals surface area contributed by atoms with Crippen LogP contribution in [0, 0.1) is 0 Å². The molecule has 0 spiro atoms. The summed E-state index contributed by atoms with van der Waals surface area (Å²) >= 11 is 0. The minimum atomic E-state index is -1.83. The van der Waals surface area contributed by atoms with Crippen molar-refractivity contribution in [1.82, 2.24) is 0 Å². The zero-order valence-corrected chi connectivity index (χ0v) is 10.0. The van der Waals surface area contributed by atoms with Gasteiger partial charge in [-0.05, 0) is 17.7 Å². The number of aliphatic imine (C=N–C) groups is 1. The van der Waals surface area contributed by atoms with Crippen LogP contribution in [-0.4, -0.2) is 35.4 Å². The van der Waals surface area contributed by atoms with Gasteiger partial charge in [0.15, 0.2) is 5.41 Å². The molecule has 1 aliphatic rings. The predicted octanol–water partition coefficient (Wildman–Crippen LogP) is 1.07. The van der Waals surface area contributed by atoms with Gasteiger partial charge in [0, 0.05) is 12.3 Å². The van der Waals surface area contributed by atoms with Crippen molar-refractivity contribution in [3.8, 4) is 5.75 Å². The van der Waals surface area contributed by atoms with E-state index in [4.69, 9.17) is 4.74 Å². The summed E-state index contributed by atoms with van der Waals surface area (Å²) in [5.41, 5.74) is -1.55. The molecule has 0 aromatic heterocycles. The van der Waals surface area contributed by atoms with E-state index in [9.17, 15) is 19.8 Å². The lowest BCUT2D eigenvalue weighted by Crippen LogP contribution is -2.41. The Morgan fingerprint density at radius 3 is 2.42 bits per heavy atom. The zero-order chi connectivity index (χ0) is 14.0. The molecule has 0 bridgehead atoms. The number of aliphatic carboxylic acids is 1. The molecule has 1 aliphatic heterocycles. The van der Waals surface area contributed by atoms with E-state index in [1.807, 2.05) is 0 Å². The number of ether oxygens (including phenoxy) is 1. The lowest BCUT2D eigenvalue weighted by atomic mass is 9.78. The van der Waals surface area contributed by atoms with Crippen LogP contribution in [0.15, 0.2) is 41.1 Å². The largest absolute Gasteiger partial charge is 0.510 e. The molecule has 98 valence electrons. The quantitative estimate of drug-likeness (QED) is 0.848. The summed E-state index contributed by atoms with van der Waals surface area (Å²) < 4.78 is 4.98. The highest BCUT2D eigenvalue weighted by Gasteiger charge is 2.45. The smallest absolute Gasteiger partial charge is 0.327 e. The number of carboxylic acid groups (broad SMARTS) is 1. The van der Waals surface area contributed by atoms with E-state index in [2.05, 4.69) is 4.99 Å². The van der Waals surface area contributed by atoms with Gasteiger partial charge in [-0.3, -0.25) is 9.59 Å². The van der Waals surface area contributed by atoms with Gasteiger partial charge < -0.3 is 14.9 Å². The molecule has 0 fully saturated rings. The summed E-state index contributed by atoms with van der Waals surface area (Å²) in [5.74, 6) is -2.02. The maximum atomic E-state index is 11.5. The van der Waals surface area contributed by atoms with Gasteiger partial charge in [0.2, 0.25) is 0 Å².